The molecule has 0 radical (unpaired) electrons. The summed E-state index contributed by atoms with van der Waals surface area (Å²) in [5, 5.41) is 0. The quantitative estimate of drug-likeness (QED) is 0.770. The van der Waals surface area contributed by atoms with E-state index in [2.05, 4.69) is 56.7 Å². The molecule has 0 atom stereocenters. The van der Waals surface area contributed by atoms with Gasteiger partial charge in [0.05, 0.1) is 16.7 Å². The molecule has 0 fully saturated rings. The number of aromatic nitrogens is 2. The first kappa shape index (κ1) is 12.0. The van der Waals surface area contributed by atoms with Gasteiger partial charge in [0.2, 0.25) is 0 Å². The van der Waals surface area contributed by atoms with Crippen LogP contribution in [0.3, 0.4) is 0 Å². The lowest BCUT2D eigenvalue weighted by molar-refractivity contribution is 0.820. The van der Waals surface area contributed by atoms with Gasteiger partial charge in [0.1, 0.15) is 0 Å². The van der Waals surface area contributed by atoms with Crippen molar-refractivity contribution in [3.05, 3.63) is 35.2 Å². The first-order chi connectivity index (χ1) is 8.00. The van der Waals surface area contributed by atoms with Crippen molar-refractivity contribution in [3.63, 3.8) is 0 Å². The van der Waals surface area contributed by atoms with Crippen LogP contribution in [0.5, 0.6) is 0 Å². The van der Waals surface area contributed by atoms with Gasteiger partial charge in [-0.2, -0.15) is 0 Å². The summed E-state index contributed by atoms with van der Waals surface area (Å²) in [6.07, 6.45) is 1.91. The van der Waals surface area contributed by atoms with Gasteiger partial charge < -0.3 is 0 Å². The summed E-state index contributed by atoms with van der Waals surface area (Å²) in [6.45, 7) is 10.9. The first-order valence-corrected chi connectivity index (χ1v) is 6.27. The number of nitrogens with zero attached hydrogens (tertiary/aromatic N) is 2. The Morgan fingerprint density at radius 3 is 2.29 bits per heavy atom. The van der Waals surface area contributed by atoms with E-state index in [-0.39, 0.29) is 0 Å². The Morgan fingerprint density at radius 2 is 1.71 bits per heavy atom. The van der Waals surface area contributed by atoms with Crippen LogP contribution in [0.4, 0.5) is 0 Å². The van der Waals surface area contributed by atoms with Crippen molar-refractivity contribution in [1.82, 2.24) is 9.97 Å². The molecule has 0 spiro atoms. The van der Waals surface area contributed by atoms with Gasteiger partial charge in [0.15, 0.2) is 0 Å². The van der Waals surface area contributed by atoms with E-state index in [0.717, 1.165) is 16.7 Å². The van der Waals surface area contributed by atoms with Crippen LogP contribution in [0.2, 0.25) is 0 Å². The third-order valence-electron chi connectivity index (χ3n) is 3.24. The Kier molecular flexibility index (Phi) is 3.14. The lowest BCUT2D eigenvalue weighted by atomic mass is 9.97. The van der Waals surface area contributed by atoms with E-state index in [0.29, 0.717) is 11.8 Å². The fourth-order valence-electron chi connectivity index (χ4n) is 2.16. The molecule has 90 valence electrons. The van der Waals surface area contributed by atoms with E-state index in [1.165, 1.54) is 11.1 Å². The minimum Gasteiger partial charge on any atom is -0.252 e. The molecule has 0 unspecified atom stereocenters. The minimum atomic E-state index is 0.428. The number of hydrogen-bond donors (Lipinski definition) is 0. The molecule has 0 aliphatic heterocycles. The third-order valence-corrected chi connectivity index (χ3v) is 3.24. The van der Waals surface area contributed by atoms with E-state index >= 15 is 0 Å². The lowest BCUT2D eigenvalue weighted by Gasteiger charge is -2.12. The molecule has 17 heavy (non-hydrogen) atoms. The summed E-state index contributed by atoms with van der Waals surface area (Å²) in [4.78, 5) is 9.26. The minimum absolute atomic E-state index is 0.428. The zero-order chi connectivity index (χ0) is 12.6. The molecule has 0 aliphatic rings. The fraction of sp³-hybridized carbons (Fsp3) is 0.467. The Morgan fingerprint density at radius 1 is 1.00 bits per heavy atom. The van der Waals surface area contributed by atoms with E-state index < -0.39 is 0 Å². The maximum Gasteiger partial charge on any atom is 0.0918 e. The van der Waals surface area contributed by atoms with Crippen LogP contribution in [0.1, 0.15) is 56.4 Å². The molecule has 2 heteroatoms. The number of fused-ring (bicyclic) bond motifs is 1. The van der Waals surface area contributed by atoms with E-state index in [9.17, 15) is 0 Å². The highest BCUT2D eigenvalue weighted by atomic mass is 14.8. The fourth-order valence-corrected chi connectivity index (χ4v) is 2.16. The zero-order valence-electron chi connectivity index (χ0n) is 11.3. The van der Waals surface area contributed by atoms with Crippen LogP contribution in [0.15, 0.2) is 18.3 Å². The summed E-state index contributed by atoms with van der Waals surface area (Å²) >= 11 is 0. The van der Waals surface area contributed by atoms with Crippen molar-refractivity contribution >= 4 is 11.0 Å². The van der Waals surface area contributed by atoms with Crippen molar-refractivity contribution in [3.8, 4) is 0 Å². The molecular weight excluding hydrogens is 208 g/mol. The molecule has 2 nitrogen and oxygen atoms in total. The van der Waals surface area contributed by atoms with Gasteiger partial charge in [-0.05, 0) is 36.0 Å². The Labute approximate surface area is 103 Å². The Balaban J connectivity index is 2.64. The second-order valence-corrected chi connectivity index (χ2v) is 5.25. The molecule has 1 heterocycles. The maximum atomic E-state index is 4.67. The van der Waals surface area contributed by atoms with Gasteiger partial charge in [0.25, 0.3) is 0 Å². The number of benzene rings is 1. The maximum absolute atomic E-state index is 4.67. The summed E-state index contributed by atoms with van der Waals surface area (Å²) in [7, 11) is 0. The van der Waals surface area contributed by atoms with Crippen LogP contribution >= 0.6 is 0 Å². The predicted molar refractivity (Wildman–Crippen MR) is 72.5 cm³/mol. The average molecular weight is 228 g/mol. The zero-order valence-corrected chi connectivity index (χ0v) is 11.3. The molecule has 0 saturated carbocycles. The van der Waals surface area contributed by atoms with E-state index in [1.807, 2.05) is 6.20 Å². The topological polar surface area (TPSA) is 25.8 Å². The van der Waals surface area contributed by atoms with Crippen molar-refractivity contribution in [1.29, 1.82) is 0 Å². The highest BCUT2D eigenvalue weighted by Crippen LogP contribution is 2.25. The van der Waals surface area contributed by atoms with Crippen LogP contribution in [0, 0.1) is 6.92 Å². The molecule has 0 amide bonds. The number of rotatable bonds is 2. The monoisotopic (exact) mass is 228 g/mol. The van der Waals surface area contributed by atoms with Gasteiger partial charge in [-0.1, -0.05) is 33.8 Å². The average Bonchev–Trinajstić information content (AvgIpc) is 2.28. The summed E-state index contributed by atoms with van der Waals surface area (Å²) in [6, 6.07) is 4.28. The van der Waals surface area contributed by atoms with Gasteiger partial charge in [-0.25, -0.2) is 4.98 Å². The molecule has 0 bridgehead atoms. The van der Waals surface area contributed by atoms with E-state index in [1.54, 1.807) is 0 Å². The van der Waals surface area contributed by atoms with Crippen LogP contribution in [-0.4, -0.2) is 9.97 Å². The largest absolute Gasteiger partial charge is 0.252 e. The molecule has 0 N–H and O–H groups in total. The van der Waals surface area contributed by atoms with E-state index in [4.69, 9.17) is 0 Å². The second kappa shape index (κ2) is 4.44. The second-order valence-electron chi connectivity index (χ2n) is 5.25. The van der Waals surface area contributed by atoms with Gasteiger partial charge in [0, 0.05) is 6.20 Å². The van der Waals surface area contributed by atoms with Gasteiger partial charge >= 0.3 is 0 Å². The standard InChI is InChI=1S/C15H20N2/c1-9(2)12-6-7-13-15(11(12)5)16-8-14(17-13)10(3)4/h6-10H,1-5H3. The highest BCUT2D eigenvalue weighted by Gasteiger charge is 2.10. The summed E-state index contributed by atoms with van der Waals surface area (Å²) in [5.74, 6) is 0.961. The number of hydrogen-bond acceptors (Lipinski definition) is 2. The van der Waals surface area contributed by atoms with Crippen molar-refractivity contribution in [2.75, 3.05) is 0 Å². The molecular formula is C15H20N2. The molecule has 1 aromatic carbocycles. The predicted octanol–water partition coefficient (Wildman–Crippen LogP) is 4.19. The van der Waals surface area contributed by atoms with Crippen molar-refractivity contribution in [2.24, 2.45) is 0 Å². The van der Waals surface area contributed by atoms with Crippen LogP contribution < -0.4 is 0 Å². The Hall–Kier alpha value is -1.44. The van der Waals surface area contributed by atoms with Crippen molar-refractivity contribution in [2.45, 2.75) is 46.5 Å². The SMILES string of the molecule is Cc1c(C(C)C)ccc2nc(C(C)C)cnc12. The van der Waals surface area contributed by atoms with Gasteiger partial charge in [-0.3, -0.25) is 4.98 Å². The normalized spacial score (nSPS) is 11.7. The number of aryl methyl sites for hydroxylation is 1. The molecule has 2 rings (SSSR count). The van der Waals surface area contributed by atoms with Gasteiger partial charge in [-0.15, -0.1) is 0 Å². The third kappa shape index (κ3) is 2.17. The van der Waals surface area contributed by atoms with Crippen LogP contribution in [-0.2, 0) is 0 Å². The summed E-state index contributed by atoms with van der Waals surface area (Å²) in [5.41, 5.74) is 5.75. The van der Waals surface area contributed by atoms with Crippen LogP contribution in [0.25, 0.3) is 11.0 Å². The van der Waals surface area contributed by atoms with Crippen molar-refractivity contribution < 1.29 is 0 Å². The Bertz CT molecular complexity index is 542. The first-order valence-electron chi connectivity index (χ1n) is 6.27. The molecule has 0 saturated heterocycles. The highest BCUT2D eigenvalue weighted by molar-refractivity contribution is 5.79. The summed E-state index contributed by atoms with van der Waals surface area (Å²) < 4.78 is 0. The molecule has 1 aromatic heterocycles. The molecule has 2 aromatic rings. The lowest BCUT2D eigenvalue weighted by Crippen LogP contribution is -1.99. The molecule has 0 aliphatic carbocycles. The smallest absolute Gasteiger partial charge is 0.0918 e.